The van der Waals surface area contributed by atoms with E-state index in [9.17, 15) is 4.79 Å². The van der Waals surface area contributed by atoms with Gasteiger partial charge in [-0.05, 0) is 6.08 Å². The molecule has 3 N–H and O–H groups in total. The molecule has 0 fully saturated rings. The third kappa shape index (κ3) is 1.59. The van der Waals surface area contributed by atoms with E-state index in [1.807, 2.05) is 0 Å². The summed E-state index contributed by atoms with van der Waals surface area (Å²) >= 11 is 0. The first kappa shape index (κ1) is 7.81. The SMILES string of the molecule is C=CCN1C(=O)NC=CC1N. The van der Waals surface area contributed by atoms with Crippen LogP contribution in [0.2, 0.25) is 0 Å². The molecule has 1 aliphatic heterocycles. The second-order valence-electron chi connectivity index (χ2n) is 2.24. The van der Waals surface area contributed by atoms with Crippen molar-refractivity contribution >= 4 is 6.03 Å². The molecule has 0 aromatic rings. The van der Waals surface area contributed by atoms with Crippen LogP contribution in [0.1, 0.15) is 0 Å². The van der Waals surface area contributed by atoms with Gasteiger partial charge in [0.2, 0.25) is 0 Å². The summed E-state index contributed by atoms with van der Waals surface area (Å²) in [6.45, 7) is 3.99. The lowest BCUT2D eigenvalue weighted by atomic mass is 10.3. The van der Waals surface area contributed by atoms with E-state index in [-0.39, 0.29) is 12.2 Å². The summed E-state index contributed by atoms with van der Waals surface area (Å²) in [4.78, 5) is 12.5. The molecule has 2 amide bonds. The van der Waals surface area contributed by atoms with Crippen molar-refractivity contribution in [2.45, 2.75) is 6.17 Å². The van der Waals surface area contributed by atoms with E-state index in [1.165, 1.54) is 4.90 Å². The maximum Gasteiger partial charge on any atom is 0.323 e. The van der Waals surface area contributed by atoms with Gasteiger partial charge >= 0.3 is 6.03 Å². The zero-order valence-electron chi connectivity index (χ0n) is 6.16. The minimum absolute atomic E-state index is 0.181. The normalized spacial score (nSPS) is 23.2. The van der Waals surface area contributed by atoms with Crippen LogP contribution in [0.4, 0.5) is 4.79 Å². The fourth-order valence-electron chi connectivity index (χ4n) is 0.884. The standard InChI is InChI=1S/C7H11N3O/c1-2-5-10-6(8)3-4-9-7(10)11/h2-4,6H,1,5,8H2,(H,9,11). The molecule has 4 heteroatoms. The van der Waals surface area contributed by atoms with E-state index in [0.717, 1.165) is 0 Å². The average Bonchev–Trinajstić information content (AvgIpc) is 1.97. The molecule has 0 radical (unpaired) electrons. The molecule has 60 valence electrons. The molecule has 0 saturated carbocycles. The van der Waals surface area contributed by atoms with Crippen LogP contribution in [-0.4, -0.2) is 23.6 Å². The molecule has 1 heterocycles. The lowest BCUT2D eigenvalue weighted by Crippen LogP contribution is -2.51. The smallest absolute Gasteiger partial charge is 0.315 e. The highest BCUT2D eigenvalue weighted by atomic mass is 16.2. The molecule has 0 aromatic carbocycles. The number of urea groups is 1. The molecule has 0 spiro atoms. The molecule has 11 heavy (non-hydrogen) atoms. The van der Waals surface area contributed by atoms with Gasteiger partial charge < -0.3 is 16.0 Å². The number of carbonyl (C=O) groups excluding carboxylic acids is 1. The summed E-state index contributed by atoms with van der Waals surface area (Å²) in [5, 5.41) is 2.53. The van der Waals surface area contributed by atoms with Gasteiger partial charge in [-0.2, -0.15) is 0 Å². The minimum Gasteiger partial charge on any atom is -0.315 e. The van der Waals surface area contributed by atoms with Crippen LogP contribution in [0.15, 0.2) is 24.9 Å². The Labute approximate surface area is 65.4 Å². The maximum atomic E-state index is 11.0. The first-order valence-electron chi connectivity index (χ1n) is 3.36. The molecule has 1 atom stereocenters. The number of carbonyl (C=O) groups is 1. The zero-order valence-corrected chi connectivity index (χ0v) is 6.16. The van der Waals surface area contributed by atoms with E-state index >= 15 is 0 Å². The molecule has 1 rings (SSSR count). The van der Waals surface area contributed by atoms with Crippen molar-refractivity contribution in [1.29, 1.82) is 0 Å². The van der Waals surface area contributed by atoms with E-state index in [2.05, 4.69) is 11.9 Å². The highest BCUT2D eigenvalue weighted by Gasteiger charge is 2.18. The number of nitrogens with one attached hydrogen (secondary N) is 1. The number of hydrogen-bond donors (Lipinski definition) is 2. The summed E-state index contributed by atoms with van der Waals surface area (Å²) in [5.41, 5.74) is 5.59. The molecule has 0 aromatic heterocycles. The summed E-state index contributed by atoms with van der Waals surface area (Å²) < 4.78 is 0. The predicted molar refractivity (Wildman–Crippen MR) is 42.6 cm³/mol. The number of hydrogen-bond acceptors (Lipinski definition) is 2. The first-order valence-corrected chi connectivity index (χ1v) is 3.36. The fourth-order valence-corrected chi connectivity index (χ4v) is 0.884. The third-order valence-corrected chi connectivity index (χ3v) is 1.45. The third-order valence-electron chi connectivity index (χ3n) is 1.45. The predicted octanol–water partition coefficient (Wildman–Crippen LogP) is -0.00390. The molecule has 0 bridgehead atoms. The molecular weight excluding hydrogens is 142 g/mol. The van der Waals surface area contributed by atoms with E-state index in [0.29, 0.717) is 6.54 Å². The Kier molecular flexibility index (Phi) is 2.28. The molecule has 0 saturated heterocycles. The van der Waals surface area contributed by atoms with Gasteiger partial charge in [-0.25, -0.2) is 4.79 Å². The van der Waals surface area contributed by atoms with Gasteiger partial charge in [0, 0.05) is 12.7 Å². The number of rotatable bonds is 2. The maximum absolute atomic E-state index is 11.0. The Morgan fingerprint density at radius 2 is 2.64 bits per heavy atom. The van der Waals surface area contributed by atoms with Crippen LogP contribution >= 0.6 is 0 Å². The summed E-state index contributed by atoms with van der Waals surface area (Å²) in [5.74, 6) is 0. The van der Waals surface area contributed by atoms with Gasteiger partial charge in [-0.1, -0.05) is 6.08 Å². The number of nitrogens with zero attached hydrogens (tertiary/aromatic N) is 1. The van der Waals surface area contributed by atoms with Gasteiger partial charge in [-0.3, -0.25) is 0 Å². The quantitative estimate of drug-likeness (QED) is 0.548. The zero-order chi connectivity index (χ0) is 8.27. The highest BCUT2D eigenvalue weighted by molar-refractivity contribution is 5.77. The van der Waals surface area contributed by atoms with Crippen molar-refractivity contribution in [3.63, 3.8) is 0 Å². The van der Waals surface area contributed by atoms with Gasteiger partial charge in [0.15, 0.2) is 0 Å². The Hall–Kier alpha value is -1.29. The van der Waals surface area contributed by atoms with Crippen LogP contribution in [0.5, 0.6) is 0 Å². The van der Waals surface area contributed by atoms with Crippen molar-refractivity contribution in [1.82, 2.24) is 10.2 Å². The molecule has 0 aliphatic carbocycles. The van der Waals surface area contributed by atoms with Gasteiger partial charge in [0.25, 0.3) is 0 Å². The Morgan fingerprint density at radius 3 is 3.18 bits per heavy atom. The molecular formula is C7H11N3O. The lowest BCUT2D eigenvalue weighted by molar-refractivity contribution is 0.193. The molecule has 4 nitrogen and oxygen atoms in total. The summed E-state index contributed by atoms with van der Waals surface area (Å²) in [6.07, 6.45) is 4.57. The van der Waals surface area contributed by atoms with Gasteiger partial charge in [-0.15, -0.1) is 6.58 Å². The van der Waals surface area contributed by atoms with Crippen LogP contribution in [0.3, 0.4) is 0 Å². The van der Waals surface area contributed by atoms with Crippen molar-refractivity contribution in [2.75, 3.05) is 6.54 Å². The van der Waals surface area contributed by atoms with Crippen LogP contribution in [-0.2, 0) is 0 Å². The van der Waals surface area contributed by atoms with Crippen molar-refractivity contribution in [2.24, 2.45) is 5.73 Å². The lowest BCUT2D eigenvalue weighted by Gasteiger charge is -2.28. The topological polar surface area (TPSA) is 58.4 Å². The van der Waals surface area contributed by atoms with Crippen molar-refractivity contribution in [3.8, 4) is 0 Å². The second kappa shape index (κ2) is 3.21. The summed E-state index contributed by atoms with van der Waals surface area (Å²) in [7, 11) is 0. The van der Waals surface area contributed by atoms with Crippen molar-refractivity contribution < 1.29 is 4.79 Å². The Balaban J connectivity index is 2.66. The fraction of sp³-hybridized carbons (Fsp3) is 0.286. The van der Waals surface area contributed by atoms with E-state index < -0.39 is 0 Å². The van der Waals surface area contributed by atoms with Crippen molar-refractivity contribution in [3.05, 3.63) is 24.9 Å². The largest absolute Gasteiger partial charge is 0.323 e. The monoisotopic (exact) mass is 153 g/mol. The van der Waals surface area contributed by atoms with Gasteiger partial charge in [0.1, 0.15) is 6.17 Å². The van der Waals surface area contributed by atoms with Crippen LogP contribution < -0.4 is 11.1 Å². The minimum atomic E-state index is -0.332. The molecule has 1 aliphatic rings. The van der Waals surface area contributed by atoms with Crippen LogP contribution in [0.25, 0.3) is 0 Å². The van der Waals surface area contributed by atoms with E-state index in [4.69, 9.17) is 5.73 Å². The number of amides is 2. The van der Waals surface area contributed by atoms with Gasteiger partial charge in [0.05, 0.1) is 0 Å². The second-order valence-corrected chi connectivity index (χ2v) is 2.24. The molecule has 1 unspecified atom stereocenters. The Morgan fingerprint density at radius 1 is 1.91 bits per heavy atom. The van der Waals surface area contributed by atoms with E-state index in [1.54, 1.807) is 18.4 Å². The summed E-state index contributed by atoms with van der Waals surface area (Å²) in [6, 6.07) is -0.181. The highest BCUT2D eigenvalue weighted by Crippen LogP contribution is 2.00. The first-order chi connectivity index (χ1) is 5.25. The number of nitrogens with two attached hydrogens (primary N) is 1. The average molecular weight is 153 g/mol. The Bertz CT molecular complexity index is 200. The van der Waals surface area contributed by atoms with Crippen LogP contribution in [0, 0.1) is 0 Å².